The molecule has 3 rings (SSSR count). The largest absolute Gasteiger partial charge is 0.345 e. The van der Waals surface area contributed by atoms with Crippen molar-refractivity contribution in [2.75, 3.05) is 25.2 Å². The van der Waals surface area contributed by atoms with Crippen LogP contribution < -0.4 is 5.32 Å². The SMILES string of the molecule is CN(C)C(=O)c1ccc(NC(=O)CSc2nnc(C3CC3)n2C)cc1. The summed E-state index contributed by atoms with van der Waals surface area (Å²) in [5, 5.41) is 11.9. The zero-order valence-corrected chi connectivity index (χ0v) is 15.3. The van der Waals surface area contributed by atoms with E-state index >= 15 is 0 Å². The number of hydrogen-bond donors (Lipinski definition) is 1. The highest BCUT2D eigenvalue weighted by Crippen LogP contribution is 2.39. The maximum Gasteiger partial charge on any atom is 0.253 e. The minimum atomic E-state index is -0.118. The van der Waals surface area contributed by atoms with Crippen LogP contribution in [-0.2, 0) is 11.8 Å². The topological polar surface area (TPSA) is 80.1 Å². The molecular weight excluding hydrogens is 338 g/mol. The highest BCUT2D eigenvalue weighted by Gasteiger charge is 2.29. The molecular formula is C17H21N5O2S. The number of thioether (sulfide) groups is 1. The summed E-state index contributed by atoms with van der Waals surface area (Å²) in [6.07, 6.45) is 2.34. The first-order valence-corrected chi connectivity index (χ1v) is 9.08. The number of rotatable bonds is 6. The molecule has 1 aromatic carbocycles. The van der Waals surface area contributed by atoms with Gasteiger partial charge in [0.1, 0.15) is 5.82 Å². The maximum atomic E-state index is 12.1. The third-order valence-electron chi connectivity index (χ3n) is 3.97. The molecule has 1 aliphatic rings. The quantitative estimate of drug-likeness (QED) is 0.799. The predicted octanol–water partition coefficient (Wildman–Crippen LogP) is 2.13. The van der Waals surface area contributed by atoms with Crippen molar-refractivity contribution in [3.05, 3.63) is 35.7 Å². The molecule has 0 aliphatic heterocycles. The Morgan fingerprint density at radius 2 is 1.92 bits per heavy atom. The lowest BCUT2D eigenvalue weighted by atomic mass is 10.2. The second kappa shape index (κ2) is 7.26. The summed E-state index contributed by atoms with van der Waals surface area (Å²) in [6.45, 7) is 0. The van der Waals surface area contributed by atoms with E-state index in [2.05, 4.69) is 15.5 Å². The number of carbonyl (C=O) groups excluding carboxylic acids is 2. The monoisotopic (exact) mass is 359 g/mol. The lowest BCUT2D eigenvalue weighted by Gasteiger charge is -2.11. The molecule has 7 nitrogen and oxygen atoms in total. The Morgan fingerprint density at radius 3 is 2.52 bits per heavy atom. The summed E-state index contributed by atoms with van der Waals surface area (Å²) in [4.78, 5) is 25.5. The fraction of sp³-hybridized carbons (Fsp3) is 0.412. The van der Waals surface area contributed by atoms with Gasteiger partial charge in [0.15, 0.2) is 5.16 Å². The van der Waals surface area contributed by atoms with Crippen molar-refractivity contribution in [3.63, 3.8) is 0 Å². The third-order valence-corrected chi connectivity index (χ3v) is 4.99. The number of nitrogens with one attached hydrogen (secondary N) is 1. The van der Waals surface area contributed by atoms with Gasteiger partial charge >= 0.3 is 0 Å². The number of amides is 2. The van der Waals surface area contributed by atoms with E-state index in [4.69, 9.17) is 0 Å². The van der Waals surface area contributed by atoms with Crippen molar-refractivity contribution in [3.8, 4) is 0 Å². The molecule has 2 amide bonds. The molecule has 0 spiro atoms. The Hall–Kier alpha value is -2.35. The standard InChI is InChI=1S/C17H21N5O2S/c1-21(2)16(24)12-6-8-13(9-7-12)18-14(23)10-25-17-20-19-15(22(17)3)11-4-5-11/h6-9,11H,4-5,10H2,1-3H3,(H,18,23). The van der Waals surface area contributed by atoms with Crippen LogP contribution in [0.5, 0.6) is 0 Å². The van der Waals surface area contributed by atoms with Crippen LogP contribution in [-0.4, -0.2) is 51.3 Å². The van der Waals surface area contributed by atoms with Gasteiger partial charge in [0, 0.05) is 38.3 Å². The highest BCUT2D eigenvalue weighted by molar-refractivity contribution is 7.99. The number of aromatic nitrogens is 3. The molecule has 0 radical (unpaired) electrons. The molecule has 1 aromatic heterocycles. The number of benzene rings is 1. The van der Waals surface area contributed by atoms with E-state index in [1.807, 2.05) is 11.6 Å². The summed E-state index contributed by atoms with van der Waals surface area (Å²) in [7, 11) is 5.35. The lowest BCUT2D eigenvalue weighted by molar-refractivity contribution is -0.113. The fourth-order valence-corrected chi connectivity index (χ4v) is 3.15. The third kappa shape index (κ3) is 4.19. The van der Waals surface area contributed by atoms with Crippen molar-refractivity contribution in [1.82, 2.24) is 19.7 Å². The average Bonchev–Trinajstić information content (AvgIpc) is 3.36. The van der Waals surface area contributed by atoms with Gasteiger partial charge in [0.2, 0.25) is 5.91 Å². The molecule has 1 saturated carbocycles. The first-order valence-electron chi connectivity index (χ1n) is 8.09. The van der Waals surface area contributed by atoms with Gasteiger partial charge in [-0.05, 0) is 37.1 Å². The molecule has 0 bridgehead atoms. The lowest BCUT2D eigenvalue weighted by Crippen LogP contribution is -2.21. The molecule has 1 aliphatic carbocycles. The normalized spacial score (nSPS) is 13.6. The van der Waals surface area contributed by atoms with Gasteiger partial charge in [0.25, 0.3) is 5.91 Å². The van der Waals surface area contributed by atoms with Gasteiger partial charge in [-0.1, -0.05) is 11.8 Å². The number of hydrogen-bond acceptors (Lipinski definition) is 5. The van der Waals surface area contributed by atoms with Gasteiger partial charge in [-0.15, -0.1) is 10.2 Å². The first kappa shape index (κ1) is 17.5. The van der Waals surface area contributed by atoms with Crippen molar-refractivity contribution in [2.24, 2.45) is 7.05 Å². The van der Waals surface area contributed by atoms with Crippen molar-refractivity contribution >= 4 is 29.3 Å². The van der Waals surface area contributed by atoms with Crippen LogP contribution in [0.25, 0.3) is 0 Å². The average molecular weight is 359 g/mol. The molecule has 1 fully saturated rings. The van der Waals surface area contributed by atoms with E-state index in [1.165, 1.54) is 29.5 Å². The van der Waals surface area contributed by atoms with E-state index in [9.17, 15) is 9.59 Å². The number of anilines is 1. The van der Waals surface area contributed by atoms with Crippen LogP contribution in [0.3, 0.4) is 0 Å². The smallest absolute Gasteiger partial charge is 0.253 e. The molecule has 25 heavy (non-hydrogen) atoms. The van der Waals surface area contributed by atoms with Gasteiger partial charge in [-0.2, -0.15) is 0 Å². The minimum Gasteiger partial charge on any atom is -0.345 e. The zero-order chi connectivity index (χ0) is 18.0. The van der Waals surface area contributed by atoms with Crippen LogP contribution >= 0.6 is 11.8 Å². The summed E-state index contributed by atoms with van der Waals surface area (Å²) < 4.78 is 1.97. The zero-order valence-electron chi connectivity index (χ0n) is 14.5. The molecule has 0 unspecified atom stereocenters. The Bertz CT molecular complexity index is 781. The molecule has 0 atom stereocenters. The summed E-state index contributed by atoms with van der Waals surface area (Å²) in [5.74, 6) is 1.61. The van der Waals surface area contributed by atoms with Crippen LogP contribution in [0.2, 0.25) is 0 Å². The molecule has 2 aromatic rings. The van der Waals surface area contributed by atoms with Gasteiger partial charge < -0.3 is 14.8 Å². The van der Waals surface area contributed by atoms with E-state index < -0.39 is 0 Å². The Kier molecular flexibility index (Phi) is 5.08. The van der Waals surface area contributed by atoms with Crippen molar-refractivity contribution < 1.29 is 9.59 Å². The van der Waals surface area contributed by atoms with Gasteiger partial charge in [-0.25, -0.2) is 0 Å². The van der Waals surface area contributed by atoms with Crippen LogP contribution in [0, 0.1) is 0 Å². The molecule has 0 saturated heterocycles. The van der Waals surface area contributed by atoms with E-state index in [1.54, 1.807) is 38.4 Å². The molecule has 1 N–H and O–H groups in total. The number of carbonyl (C=O) groups is 2. The van der Waals surface area contributed by atoms with E-state index in [-0.39, 0.29) is 17.6 Å². The summed E-state index contributed by atoms with van der Waals surface area (Å²) in [6, 6.07) is 6.87. The van der Waals surface area contributed by atoms with Crippen LogP contribution in [0.4, 0.5) is 5.69 Å². The minimum absolute atomic E-state index is 0.0674. The van der Waals surface area contributed by atoms with Crippen LogP contribution in [0.1, 0.15) is 34.9 Å². The van der Waals surface area contributed by atoms with Crippen molar-refractivity contribution in [2.45, 2.75) is 23.9 Å². The summed E-state index contributed by atoms with van der Waals surface area (Å²) >= 11 is 1.37. The first-order chi connectivity index (χ1) is 12.0. The second-order valence-electron chi connectivity index (χ2n) is 6.29. The maximum absolute atomic E-state index is 12.1. The van der Waals surface area contributed by atoms with Crippen molar-refractivity contribution in [1.29, 1.82) is 0 Å². The highest BCUT2D eigenvalue weighted by atomic mass is 32.2. The second-order valence-corrected chi connectivity index (χ2v) is 7.23. The fourth-order valence-electron chi connectivity index (χ4n) is 2.43. The van der Waals surface area contributed by atoms with Crippen LogP contribution in [0.15, 0.2) is 29.4 Å². The van der Waals surface area contributed by atoms with E-state index in [0.29, 0.717) is 17.2 Å². The molecule has 1 heterocycles. The Labute approximate surface area is 150 Å². The Balaban J connectivity index is 1.53. The summed E-state index contributed by atoms with van der Waals surface area (Å²) in [5.41, 5.74) is 1.25. The number of nitrogens with zero attached hydrogens (tertiary/aromatic N) is 4. The predicted molar refractivity (Wildman–Crippen MR) is 96.8 cm³/mol. The molecule has 132 valence electrons. The molecule has 8 heteroatoms. The van der Waals surface area contributed by atoms with Gasteiger partial charge in [-0.3, -0.25) is 9.59 Å². The van der Waals surface area contributed by atoms with Gasteiger partial charge in [0.05, 0.1) is 5.75 Å². The van der Waals surface area contributed by atoms with E-state index in [0.717, 1.165) is 11.0 Å². The Morgan fingerprint density at radius 1 is 1.24 bits per heavy atom.